The first-order valence-corrected chi connectivity index (χ1v) is 7.68. The average molecular weight is 358 g/mol. The van der Waals surface area contributed by atoms with E-state index in [2.05, 4.69) is 0 Å². The van der Waals surface area contributed by atoms with Gasteiger partial charge in [-0.2, -0.15) is 0 Å². The number of methoxy groups -OCH3 is 4. The molecule has 0 atom stereocenters. The monoisotopic (exact) mass is 358 g/mol. The lowest BCUT2D eigenvalue weighted by Gasteiger charge is -2.15. The Morgan fingerprint density at radius 1 is 0.885 bits per heavy atom. The van der Waals surface area contributed by atoms with Crippen molar-refractivity contribution >= 4 is 11.0 Å². The van der Waals surface area contributed by atoms with Gasteiger partial charge in [-0.05, 0) is 12.1 Å². The van der Waals surface area contributed by atoms with Gasteiger partial charge in [0.15, 0.2) is 17.3 Å². The van der Waals surface area contributed by atoms with Crippen LogP contribution in [-0.4, -0.2) is 33.5 Å². The van der Waals surface area contributed by atoms with Crippen molar-refractivity contribution in [3.05, 3.63) is 40.6 Å². The summed E-state index contributed by atoms with van der Waals surface area (Å²) < 4.78 is 27.2. The van der Waals surface area contributed by atoms with Gasteiger partial charge in [-0.25, -0.2) is 0 Å². The highest BCUT2D eigenvalue weighted by Crippen LogP contribution is 2.44. The normalized spacial score (nSPS) is 10.6. The van der Waals surface area contributed by atoms with E-state index in [-0.39, 0.29) is 39.7 Å². The van der Waals surface area contributed by atoms with Gasteiger partial charge in [0.25, 0.3) is 0 Å². The quantitative estimate of drug-likeness (QED) is 0.749. The predicted octanol–water partition coefficient (Wildman–Crippen LogP) is 3.20. The van der Waals surface area contributed by atoms with Crippen LogP contribution in [0, 0.1) is 0 Å². The molecule has 136 valence electrons. The van der Waals surface area contributed by atoms with E-state index in [9.17, 15) is 9.90 Å². The van der Waals surface area contributed by atoms with Gasteiger partial charge in [0.1, 0.15) is 16.7 Å². The lowest BCUT2D eigenvalue weighted by atomic mass is 10.1. The molecule has 0 spiro atoms. The molecule has 0 aliphatic rings. The minimum Gasteiger partial charge on any atom is -0.508 e. The summed E-state index contributed by atoms with van der Waals surface area (Å²) in [6.07, 6.45) is 0. The number of phenols is 1. The van der Waals surface area contributed by atoms with E-state index in [0.29, 0.717) is 11.3 Å². The molecule has 2 aromatic carbocycles. The van der Waals surface area contributed by atoms with Gasteiger partial charge in [-0.3, -0.25) is 4.79 Å². The van der Waals surface area contributed by atoms with Gasteiger partial charge in [0.2, 0.25) is 16.9 Å². The van der Waals surface area contributed by atoms with Crippen molar-refractivity contribution in [2.24, 2.45) is 0 Å². The summed E-state index contributed by atoms with van der Waals surface area (Å²) in [5.74, 6) is 1.05. The number of rotatable bonds is 5. The summed E-state index contributed by atoms with van der Waals surface area (Å²) in [6.45, 7) is 0. The maximum atomic E-state index is 13.1. The van der Waals surface area contributed by atoms with Crippen molar-refractivity contribution in [2.45, 2.75) is 0 Å². The molecule has 0 radical (unpaired) electrons. The molecule has 0 aliphatic carbocycles. The van der Waals surface area contributed by atoms with Crippen LogP contribution in [0.5, 0.6) is 28.7 Å². The molecule has 0 aliphatic heterocycles. The van der Waals surface area contributed by atoms with Gasteiger partial charge in [-0.15, -0.1) is 0 Å². The van der Waals surface area contributed by atoms with E-state index < -0.39 is 5.43 Å². The summed E-state index contributed by atoms with van der Waals surface area (Å²) in [7, 11) is 5.72. The zero-order valence-electron chi connectivity index (χ0n) is 14.8. The highest BCUT2D eigenvalue weighted by atomic mass is 16.5. The molecule has 0 unspecified atom stereocenters. The van der Waals surface area contributed by atoms with Crippen LogP contribution in [0.4, 0.5) is 0 Å². The summed E-state index contributed by atoms with van der Waals surface area (Å²) in [5, 5.41) is 9.91. The van der Waals surface area contributed by atoms with E-state index in [1.54, 1.807) is 18.2 Å². The molecule has 0 saturated carbocycles. The van der Waals surface area contributed by atoms with Crippen molar-refractivity contribution in [3.63, 3.8) is 0 Å². The second-order valence-corrected chi connectivity index (χ2v) is 5.36. The van der Waals surface area contributed by atoms with Crippen molar-refractivity contribution < 1.29 is 28.5 Å². The number of aromatic hydroxyl groups is 1. The molecule has 1 N–H and O–H groups in total. The first-order chi connectivity index (χ1) is 12.5. The molecule has 0 bridgehead atoms. The third kappa shape index (κ3) is 2.67. The number of hydrogen-bond acceptors (Lipinski definition) is 7. The lowest BCUT2D eigenvalue weighted by molar-refractivity contribution is 0.325. The Morgan fingerprint density at radius 2 is 1.58 bits per heavy atom. The SMILES string of the molecule is COc1cc2oc(-c3cccc(O)c3)c(OC)c(=O)c2c(OC)c1OC. The molecule has 3 rings (SSSR count). The summed E-state index contributed by atoms with van der Waals surface area (Å²) in [4.78, 5) is 13.1. The number of hydrogen-bond donors (Lipinski definition) is 1. The van der Waals surface area contributed by atoms with Crippen LogP contribution in [0.15, 0.2) is 39.5 Å². The molecule has 1 aromatic heterocycles. The van der Waals surface area contributed by atoms with Crippen LogP contribution in [0.25, 0.3) is 22.3 Å². The molecule has 0 amide bonds. The zero-order chi connectivity index (χ0) is 18.8. The van der Waals surface area contributed by atoms with Gasteiger partial charge >= 0.3 is 0 Å². The zero-order valence-corrected chi connectivity index (χ0v) is 14.8. The fourth-order valence-corrected chi connectivity index (χ4v) is 2.82. The van der Waals surface area contributed by atoms with E-state index >= 15 is 0 Å². The third-order valence-electron chi connectivity index (χ3n) is 3.96. The molecule has 3 aromatic rings. The average Bonchev–Trinajstić information content (AvgIpc) is 2.66. The number of benzene rings is 2. The van der Waals surface area contributed by atoms with Crippen LogP contribution in [0.1, 0.15) is 0 Å². The van der Waals surface area contributed by atoms with Gasteiger partial charge < -0.3 is 28.5 Å². The fourth-order valence-electron chi connectivity index (χ4n) is 2.82. The molecule has 0 saturated heterocycles. The van der Waals surface area contributed by atoms with Crippen LogP contribution in [-0.2, 0) is 0 Å². The summed E-state index contributed by atoms with van der Waals surface area (Å²) in [6, 6.07) is 7.88. The van der Waals surface area contributed by atoms with Crippen LogP contribution < -0.4 is 24.4 Å². The van der Waals surface area contributed by atoms with Crippen LogP contribution in [0.2, 0.25) is 0 Å². The number of phenolic OH excluding ortho intramolecular Hbond substituents is 1. The molecule has 0 fully saturated rings. The number of ether oxygens (including phenoxy) is 4. The first kappa shape index (κ1) is 17.5. The van der Waals surface area contributed by atoms with Crippen molar-refractivity contribution in [1.82, 2.24) is 0 Å². The van der Waals surface area contributed by atoms with Gasteiger partial charge in [0, 0.05) is 11.6 Å². The second kappa shape index (κ2) is 6.87. The number of fused-ring (bicyclic) bond motifs is 1. The maximum Gasteiger partial charge on any atom is 0.239 e. The Bertz CT molecular complexity index is 1020. The van der Waals surface area contributed by atoms with Gasteiger partial charge in [0.05, 0.1) is 28.4 Å². The first-order valence-electron chi connectivity index (χ1n) is 7.68. The Balaban J connectivity index is 2.45. The predicted molar refractivity (Wildman–Crippen MR) is 95.8 cm³/mol. The van der Waals surface area contributed by atoms with Gasteiger partial charge in [-0.1, -0.05) is 12.1 Å². The van der Waals surface area contributed by atoms with Crippen molar-refractivity contribution in [1.29, 1.82) is 0 Å². The highest BCUT2D eigenvalue weighted by Gasteiger charge is 2.25. The highest BCUT2D eigenvalue weighted by molar-refractivity contribution is 5.91. The largest absolute Gasteiger partial charge is 0.508 e. The Hall–Kier alpha value is -3.35. The molecule has 7 nitrogen and oxygen atoms in total. The maximum absolute atomic E-state index is 13.1. The van der Waals surface area contributed by atoms with E-state index in [4.69, 9.17) is 23.4 Å². The summed E-state index contributed by atoms with van der Waals surface area (Å²) in [5.41, 5.74) is 0.308. The molecule has 1 heterocycles. The Kier molecular flexibility index (Phi) is 4.62. The molecule has 7 heteroatoms. The van der Waals surface area contributed by atoms with E-state index in [1.807, 2.05) is 0 Å². The third-order valence-corrected chi connectivity index (χ3v) is 3.96. The minimum absolute atomic E-state index is 0.00591. The van der Waals surface area contributed by atoms with Crippen molar-refractivity contribution in [2.75, 3.05) is 28.4 Å². The van der Waals surface area contributed by atoms with E-state index in [1.165, 1.54) is 40.6 Å². The fraction of sp³-hybridized carbons (Fsp3) is 0.211. The smallest absolute Gasteiger partial charge is 0.239 e. The topological polar surface area (TPSA) is 87.4 Å². The Labute approximate surface area is 149 Å². The lowest BCUT2D eigenvalue weighted by Crippen LogP contribution is -2.10. The minimum atomic E-state index is -0.426. The molecular formula is C19H18O7. The Morgan fingerprint density at radius 3 is 2.15 bits per heavy atom. The second-order valence-electron chi connectivity index (χ2n) is 5.36. The molecule has 26 heavy (non-hydrogen) atoms. The van der Waals surface area contributed by atoms with E-state index in [0.717, 1.165) is 0 Å². The summed E-state index contributed by atoms with van der Waals surface area (Å²) >= 11 is 0. The standard InChI is InChI=1S/C19H18O7/c1-22-13-9-12-14(18(24-3)17(13)23-2)15(21)19(25-4)16(26-12)10-6-5-7-11(20)8-10/h5-9,20H,1-4H3. The van der Waals surface area contributed by atoms with Crippen LogP contribution >= 0.6 is 0 Å². The molecular weight excluding hydrogens is 340 g/mol. The van der Waals surface area contributed by atoms with Crippen LogP contribution in [0.3, 0.4) is 0 Å². The van der Waals surface area contributed by atoms with Crippen molar-refractivity contribution in [3.8, 4) is 40.1 Å².